The summed E-state index contributed by atoms with van der Waals surface area (Å²) in [5.41, 5.74) is 2.49. The minimum atomic E-state index is -0.798. The molecule has 9 heteroatoms. The number of hydrogen-bond donors (Lipinski definition) is 2. The Balaban J connectivity index is 1.64. The molecule has 0 saturated carbocycles. The average Bonchev–Trinajstić information content (AvgIpc) is 3.06. The number of piperazine rings is 1. The van der Waals surface area contributed by atoms with Gasteiger partial charge in [0.2, 0.25) is 0 Å². The fraction of sp³-hybridized carbons (Fsp3) is 0.324. The summed E-state index contributed by atoms with van der Waals surface area (Å²) in [5.74, 6) is -3.22. The van der Waals surface area contributed by atoms with Gasteiger partial charge in [-0.15, -0.1) is 0 Å². The Morgan fingerprint density at radius 2 is 1.47 bits per heavy atom. The fourth-order valence-corrected chi connectivity index (χ4v) is 6.44. The first-order valence-electron chi connectivity index (χ1n) is 14.3. The molecule has 43 heavy (non-hydrogen) atoms. The Bertz CT molecular complexity index is 1510. The van der Waals surface area contributed by atoms with Gasteiger partial charge in [-0.05, 0) is 48.4 Å². The topological polar surface area (TPSA) is 126 Å². The molecule has 0 aliphatic carbocycles. The first kappa shape index (κ1) is 29.9. The molecule has 2 heterocycles. The van der Waals surface area contributed by atoms with Crippen LogP contribution in [-0.4, -0.2) is 67.6 Å². The van der Waals surface area contributed by atoms with Crippen molar-refractivity contribution < 1.29 is 18.8 Å². The van der Waals surface area contributed by atoms with Crippen molar-refractivity contribution in [3.8, 4) is 12.1 Å². The Kier molecular flexibility index (Phi) is 9.18. The van der Waals surface area contributed by atoms with E-state index in [-0.39, 0.29) is 30.7 Å². The van der Waals surface area contributed by atoms with Crippen LogP contribution in [0.5, 0.6) is 0 Å². The predicted molar refractivity (Wildman–Crippen MR) is 158 cm³/mol. The molecule has 5 rings (SSSR count). The lowest BCUT2D eigenvalue weighted by Crippen LogP contribution is -2.63. The molecule has 5 atom stereocenters. The van der Waals surface area contributed by atoms with E-state index in [0.717, 1.165) is 12.8 Å². The molecular weight excluding hydrogens is 545 g/mol. The number of nitrogens with zero attached hydrogens (tertiary/aromatic N) is 3. The van der Waals surface area contributed by atoms with Crippen molar-refractivity contribution in [1.29, 1.82) is 10.5 Å². The highest BCUT2D eigenvalue weighted by Crippen LogP contribution is 2.43. The van der Waals surface area contributed by atoms with E-state index in [9.17, 15) is 24.9 Å². The zero-order chi connectivity index (χ0) is 30.5. The van der Waals surface area contributed by atoms with Crippen molar-refractivity contribution in [3.63, 3.8) is 0 Å². The third-order valence-corrected chi connectivity index (χ3v) is 8.71. The summed E-state index contributed by atoms with van der Waals surface area (Å²) in [6.07, 6.45) is 0.866. The number of hydrogen-bond acceptors (Lipinski definition) is 8. The lowest BCUT2D eigenvalue weighted by Gasteiger charge is -2.47. The van der Waals surface area contributed by atoms with Crippen LogP contribution in [0.15, 0.2) is 66.7 Å². The molecule has 2 aliphatic heterocycles. The van der Waals surface area contributed by atoms with Gasteiger partial charge in [-0.3, -0.25) is 14.5 Å². The molecule has 2 aliphatic rings. The lowest BCUT2D eigenvalue weighted by atomic mass is 9.67. The molecule has 2 N–H and O–H groups in total. The molecule has 0 bridgehead atoms. The normalized spacial score (nSPS) is 23.0. The second-order valence-corrected chi connectivity index (χ2v) is 11.1. The minimum Gasteiger partial charge on any atom is -0.314 e. The van der Waals surface area contributed by atoms with Crippen molar-refractivity contribution in [2.45, 2.75) is 24.9 Å². The number of nitriles is 2. The maximum absolute atomic E-state index is 15.0. The quantitative estimate of drug-likeness (QED) is 0.308. The summed E-state index contributed by atoms with van der Waals surface area (Å²) in [7, 11) is 0. The maximum atomic E-state index is 15.0. The predicted octanol–water partition coefficient (Wildman–Crippen LogP) is 3.40. The van der Waals surface area contributed by atoms with Crippen molar-refractivity contribution in [2.75, 3.05) is 32.7 Å². The van der Waals surface area contributed by atoms with Gasteiger partial charge in [0.1, 0.15) is 12.1 Å². The number of benzene rings is 3. The molecule has 2 fully saturated rings. The molecule has 8 nitrogen and oxygen atoms in total. The first-order valence-corrected chi connectivity index (χ1v) is 14.3. The van der Waals surface area contributed by atoms with Gasteiger partial charge >= 0.3 is 0 Å². The summed E-state index contributed by atoms with van der Waals surface area (Å²) in [6.45, 7) is 4.00. The van der Waals surface area contributed by atoms with Crippen LogP contribution < -0.4 is 10.6 Å². The van der Waals surface area contributed by atoms with Crippen LogP contribution in [0.3, 0.4) is 0 Å². The highest BCUT2D eigenvalue weighted by Gasteiger charge is 2.47. The molecular formula is C34H32FN5O3. The van der Waals surface area contributed by atoms with Gasteiger partial charge in [0.15, 0.2) is 11.6 Å². The van der Waals surface area contributed by atoms with E-state index >= 15 is 4.39 Å². The fourth-order valence-electron chi connectivity index (χ4n) is 6.44. The lowest BCUT2D eigenvalue weighted by molar-refractivity contribution is -0.114. The minimum absolute atomic E-state index is 0.179. The van der Waals surface area contributed by atoms with E-state index in [1.54, 1.807) is 67.6 Å². The van der Waals surface area contributed by atoms with Gasteiger partial charge in [0, 0.05) is 67.6 Å². The van der Waals surface area contributed by atoms with Gasteiger partial charge < -0.3 is 15.4 Å². The summed E-state index contributed by atoms with van der Waals surface area (Å²) >= 11 is 0. The highest BCUT2D eigenvalue weighted by molar-refractivity contribution is 6.02. The molecule has 2 saturated heterocycles. The maximum Gasteiger partial charge on any atom is 0.167 e. The van der Waals surface area contributed by atoms with Gasteiger partial charge in [-0.1, -0.05) is 36.4 Å². The van der Waals surface area contributed by atoms with E-state index in [0.29, 0.717) is 46.5 Å². The van der Waals surface area contributed by atoms with Crippen molar-refractivity contribution in [3.05, 3.63) is 106 Å². The zero-order valence-corrected chi connectivity index (χ0v) is 23.8. The number of Topliss-reactive ketones (excluding diaryl/α,β-unsaturated/α-hetero) is 2. The number of ketones is 2. The van der Waals surface area contributed by atoms with Crippen LogP contribution in [0.4, 0.5) is 4.39 Å². The summed E-state index contributed by atoms with van der Waals surface area (Å²) < 4.78 is 15.0. The highest BCUT2D eigenvalue weighted by atomic mass is 19.1. The van der Waals surface area contributed by atoms with Gasteiger partial charge in [0.05, 0.1) is 29.3 Å². The van der Waals surface area contributed by atoms with Crippen LogP contribution in [-0.2, 0) is 4.79 Å². The molecule has 3 aromatic carbocycles. The first-order chi connectivity index (χ1) is 20.9. The van der Waals surface area contributed by atoms with E-state index in [1.807, 2.05) is 4.90 Å². The van der Waals surface area contributed by atoms with Gasteiger partial charge in [-0.2, -0.15) is 10.5 Å². The number of halogens is 1. The van der Waals surface area contributed by atoms with Crippen LogP contribution in [0, 0.1) is 47.2 Å². The van der Waals surface area contributed by atoms with Gasteiger partial charge in [0.25, 0.3) is 0 Å². The number of nitrogens with one attached hydrogen (secondary N) is 2. The monoisotopic (exact) mass is 577 g/mol. The largest absolute Gasteiger partial charge is 0.314 e. The Morgan fingerprint density at radius 3 is 1.93 bits per heavy atom. The van der Waals surface area contributed by atoms with Crippen molar-refractivity contribution in [2.24, 2.45) is 11.8 Å². The second kappa shape index (κ2) is 13.2. The summed E-state index contributed by atoms with van der Waals surface area (Å²) in [6, 6.07) is 20.6. The number of aldehydes is 1. The van der Waals surface area contributed by atoms with E-state index in [2.05, 4.69) is 22.8 Å². The Morgan fingerprint density at radius 1 is 0.907 bits per heavy atom. The second-order valence-electron chi connectivity index (χ2n) is 11.1. The molecule has 3 aromatic rings. The summed E-state index contributed by atoms with van der Waals surface area (Å²) in [4.78, 5) is 43.2. The Hall–Kier alpha value is -4.54. The van der Waals surface area contributed by atoms with Crippen LogP contribution in [0.25, 0.3) is 0 Å². The molecule has 0 radical (unpaired) electrons. The van der Waals surface area contributed by atoms with Crippen molar-refractivity contribution in [1.82, 2.24) is 15.5 Å². The van der Waals surface area contributed by atoms with E-state index in [4.69, 9.17) is 0 Å². The van der Waals surface area contributed by atoms with Crippen LogP contribution >= 0.6 is 0 Å². The average molecular weight is 578 g/mol. The van der Waals surface area contributed by atoms with Crippen LogP contribution in [0.1, 0.15) is 48.9 Å². The van der Waals surface area contributed by atoms with E-state index < -0.39 is 29.6 Å². The van der Waals surface area contributed by atoms with Crippen LogP contribution in [0.2, 0.25) is 0 Å². The number of piperidine rings is 1. The molecule has 3 unspecified atom stereocenters. The zero-order valence-electron chi connectivity index (χ0n) is 23.8. The molecule has 0 aromatic heterocycles. The smallest absolute Gasteiger partial charge is 0.167 e. The SMILES string of the molecule is Cc1c(F)cccc1C1[C@@H](C(=O)c2ccc(C#N)cc2)CN(C(C=O)C2CNCCN2)C[C@H]1C(=O)c1ccc(C#N)cc1. The number of likely N-dealkylation sites (tertiary alicyclic amines) is 1. The standard InChI is InChI=1S/C34H32FN5O3/c1-21-26(3-2-4-29(21)35)32-27(33(42)24-9-5-22(15-36)6-10-24)18-40(31(20-41)30-17-38-13-14-39-30)19-28(32)34(43)25-11-7-23(16-37)8-12-25/h2-12,20,27-28,30-32,38-39H,13-14,17-19H2,1H3/t27-,28+,30?,31?,32?. The summed E-state index contributed by atoms with van der Waals surface area (Å²) in [5, 5.41) is 25.2. The van der Waals surface area contributed by atoms with Gasteiger partial charge in [-0.25, -0.2) is 4.39 Å². The third kappa shape index (κ3) is 6.16. The Labute approximate surface area is 250 Å². The van der Waals surface area contributed by atoms with E-state index in [1.165, 1.54) is 6.07 Å². The molecule has 218 valence electrons. The number of carbonyl (C=O) groups is 3. The third-order valence-electron chi connectivity index (χ3n) is 8.71. The molecule has 0 amide bonds. The van der Waals surface area contributed by atoms with Crippen molar-refractivity contribution >= 4 is 17.9 Å². The number of rotatable bonds is 8. The molecule has 0 spiro atoms. The number of carbonyl (C=O) groups excluding carboxylic acids is 3.